The SMILES string of the molecule is O=C(Nc1ccc(F)cc1)Nc1cccc(-c2nn3c(c2-c2ccncc2)SCCC3)c1. The van der Waals surface area contributed by atoms with Crippen molar-refractivity contribution in [3.63, 3.8) is 0 Å². The molecule has 8 heteroatoms. The summed E-state index contributed by atoms with van der Waals surface area (Å²) in [4.78, 5) is 16.6. The second-order valence-electron chi connectivity index (χ2n) is 7.36. The van der Waals surface area contributed by atoms with E-state index in [-0.39, 0.29) is 5.82 Å². The molecule has 1 aliphatic heterocycles. The lowest BCUT2D eigenvalue weighted by atomic mass is 10.0. The molecule has 2 amide bonds. The second-order valence-corrected chi connectivity index (χ2v) is 8.44. The number of nitrogens with one attached hydrogen (secondary N) is 2. The summed E-state index contributed by atoms with van der Waals surface area (Å²) < 4.78 is 15.1. The summed E-state index contributed by atoms with van der Waals surface area (Å²) in [6.45, 7) is 0.887. The van der Waals surface area contributed by atoms with E-state index >= 15 is 0 Å². The minimum absolute atomic E-state index is 0.352. The predicted molar refractivity (Wildman–Crippen MR) is 125 cm³/mol. The van der Waals surface area contributed by atoms with Crippen LogP contribution < -0.4 is 10.6 Å². The number of thioether (sulfide) groups is 1. The molecular weight excluding hydrogens is 425 g/mol. The molecule has 0 saturated carbocycles. The largest absolute Gasteiger partial charge is 0.323 e. The van der Waals surface area contributed by atoms with Gasteiger partial charge in [-0.1, -0.05) is 12.1 Å². The van der Waals surface area contributed by atoms with Gasteiger partial charge in [0.05, 0.1) is 0 Å². The average molecular weight is 446 g/mol. The van der Waals surface area contributed by atoms with Gasteiger partial charge in [-0.05, 0) is 60.5 Å². The van der Waals surface area contributed by atoms with E-state index < -0.39 is 6.03 Å². The van der Waals surface area contributed by atoms with E-state index in [4.69, 9.17) is 5.10 Å². The van der Waals surface area contributed by atoms with Crippen LogP contribution in [0.5, 0.6) is 0 Å². The minimum atomic E-state index is -0.400. The molecule has 2 aromatic heterocycles. The van der Waals surface area contributed by atoms with Gasteiger partial charge in [0.15, 0.2) is 0 Å². The van der Waals surface area contributed by atoms with Crippen LogP contribution in [0, 0.1) is 5.82 Å². The third kappa shape index (κ3) is 4.22. The number of carbonyl (C=O) groups is 1. The third-order valence-corrected chi connectivity index (χ3v) is 6.30. The van der Waals surface area contributed by atoms with Crippen LogP contribution in [0.25, 0.3) is 22.4 Å². The first-order valence-electron chi connectivity index (χ1n) is 10.3. The third-order valence-electron chi connectivity index (χ3n) is 5.12. The summed E-state index contributed by atoms with van der Waals surface area (Å²) in [5.41, 5.74) is 5.10. The van der Waals surface area contributed by atoms with Crippen molar-refractivity contribution < 1.29 is 9.18 Å². The summed E-state index contributed by atoms with van der Waals surface area (Å²) in [6, 6.07) is 16.8. The van der Waals surface area contributed by atoms with E-state index in [1.807, 2.05) is 48.2 Å². The molecule has 5 rings (SSSR count). The Morgan fingerprint density at radius 2 is 1.75 bits per heavy atom. The number of anilines is 2. The Morgan fingerprint density at radius 1 is 0.969 bits per heavy atom. The second kappa shape index (κ2) is 8.84. The Kier molecular flexibility index (Phi) is 5.60. The van der Waals surface area contributed by atoms with E-state index in [9.17, 15) is 9.18 Å². The van der Waals surface area contributed by atoms with Crippen molar-refractivity contribution in [1.82, 2.24) is 14.8 Å². The number of nitrogens with zero attached hydrogens (tertiary/aromatic N) is 3. The molecule has 2 aromatic carbocycles. The van der Waals surface area contributed by atoms with Gasteiger partial charge in [0.2, 0.25) is 0 Å². The van der Waals surface area contributed by atoms with Gasteiger partial charge in [0, 0.05) is 47.2 Å². The normalized spacial score (nSPS) is 12.8. The Labute approximate surface area is 188 Å². The lowest BCUT2D eigenvalue weighted by Crippen LogP contribution is -2.19. The molecule has 0 bridgehead atoms. The van der Waals surface area contributed by atoms with Gasteiger partial charge in [0.1, 0.15) is 16.5 Å². The Hall–Kier alpha value is -3.65. The van der Waals surface area contributed by atoms with Crippen molar-refractivity contribution in [2.45, 2.75) is 18.0 Å². The molecule has 0 aliphatic carbocycles. The molecule has 0 saturated heterocycles. The van der Waals surface area contributed by atoms with Gasteiger partial charge in [0.25, 0.3) is 0 Å². The fraction of sp³-hybridized carbons (Fsp3) is 0.125. The summed E-state index contributed by atoms with van der Waals surface area (Å²) in [6.07, 6.45) is 4.66. The van der Waals surface area contributed by atoms with E-state index in [1.54, 1.807) is 12.4 Å². The number of fused-ring (bicyclic) bond motifs is 1. The molecule has 6 nitrogen and oxygen atoms in total. The van der Waals surface area contributed by atoms with Crippen LogP contribution in [0.1, 0.15) is 6.42 Å². The van der Waals surface area contributed by atoms with Crippen molar-refractivity contribution >= 4 is 29.2 Å². The van der Waals surface area contributed by atoms with Gasteiger partial charge in [-0.3, -0.25) is 9.67 Å². The lowest BCUT2D eigenvalue weighted by Gasteiger charge is -2.14. The topological polar surface area (TPSA) is 71.8 Å². The molecule has 32 heavy (non-hydrogen) atoms. The fourth-order valence-corrected chi connectivity index (χ4v) is 4.79. The van der Waals surface area contributed by atoms with Gasteiger partial charge < -0.3 is 10.6 Å². The van der Waals surface area contributed by atoms with Crippen LogP contribution in [0.15, 0.2) is 78.1 Å². The molecule has 0 fully saturated rings. The summed E-state index contributed by atoms with van der Waals surface area (Å²) in [5, 5.41) is 11.6. The highest BCUT2D eigenvalue weighted by atomic mass is 32.2. The van der Waals surface area contributed by atoms with Crippen molar-refractivity contribution in [2.75, 3.05) is 16.4 Å². The van der Waals surface area contributed by atoms with Crippen LogP contribution in [0.2, 0.25) is 0 Å². The highest BCUT2D eigenvalue weighted by Crippen LogP contribution is 2.41. The van der Waals surface area contributed by atoms with Crippen LogP contribution in [0.4, 0.5) is 20.6 Å². The van der Waals surface area contributed by atoms with Crippen molar-refractivity contribution in [1.29, 1.82) is 0 Å². The number of benzene rings is 2. The number of amides is 2. The Bertz CT molecular complexity index is 1260. The predicted octanol–water partition coefficient (Wildman–Crippen LogP) is 5.89. The maximum absolute atomic E-state index is 13.1. The van der Waals surface area contributed by atoms with Crippen LogP contribution in [-0.4, -0.2) is 26.5 Å². The quantitative estimate of drug-likeness (QED) is 0.411. The minimum Gasteiger partial charge on any atom is -0.308 e. The molecule has 0 unspecified atom stereocenters. The molecule has 1 aliphatic rings. The number of rotatable bonds is 4. The van der Waals surface area contributed by atoms with Gasteiger partial charge in [-0.25, -0.2) is 9.18 Å². The molecule has 0 atom stereocenters. The number of aryl methyl sites for hydroxylation is 1. The molecular formula is C24H20FN5OS. The molecule has 0 spiro atoms. The number of carbonyl (C=O) groups excluding carboxylic acids is 1. The summed E-state index contributed by atoms with van der Waals surface area (Å²) in [5.74, 6) is 0.712. The van der Waals surface area contributed by atoms with Crippen molar-refractivity contribution in [3.05, 3.63) is 78.9 Å². The van der Waals surface area contributed by atoms with Gasteiger partial charge in [-0.15, -0.1) is 11.8 Å². The van der Waals surface area contributed by atoms with Crippen LogP contribution in [0.3, 0.4) is 0 Å². The van der Waals surface area contributed by atoms with E-state index in [0.717, 1.165) is 46.1 Å². The molecule has 160 valence electrons. The average Bonchev–Trinajstić information content (AvgIpc) is 3.21. The highest BCUT2D eigenvalue weighted by molar-refractivity contribution is 7.99. The maximum Gasteiger partial charge on any atom is 0.323 e. The number of hydrogen-bond donors (Lipinski definition) is 2. The standard InChI is InChI=1S/C24H20FN5OS/c25-18-5-7-19(8-6-18)27-24(31)28-20-4-1-3-17(15-20)22-21(16-9-11-26-12-10-16)23-30(29-22)13-2-14-32-23/h1,3-12,15H,2,13-14H2,(H2,27,28,31). The van der Waals surface area contributed by atoms with Gasteiger partial charge in [-0.2, -0.15) is 5.10 Å². The number of aromatic nitrogens is 3. The first-order valence-corrected chi connectivity index (χ1v) is 11.2. The maximum atomic E-state index is 13.1. The van der Waals surface area contributed by atoms with Crippen LogP contribution in [-0.2, 0) is 6.54 Å². The number of hydrogen-bond acceptors (Lipinski definition) is 4. The number of halogens is 1. The zero-order valence-corrected chi connectivity index (χ0v) is 17.9. The number of pyridine rings is 1. The summed E-state index contributed by atoms with van der Waals surface area (Å²) in [7, 11) is 0. The van der Waals surface area contributed by atoms with Crippen molar-refractivity contribution in [3.8, 4) is 22.4 Å². The molecule has 3 heterocycles. The fourth-order valence-electron chi connectivity index (χ4n) is 3.68. The Morgan fingerprint density at radius 3 is 2.56 bits per heavy atom. The lowest BCUT2D eigenvalue weighted by molar-refractivity contribution is 0.262. The molecule has 4 aromatic rings. The molecule has 2 N–H and O–H groups in total. The number of urea groups is 1. The van der Waals surface area contributed by atoms with E-state index in [1.165, 1.54) is 24.3 Å². The van der Waals surface area contributed by atoms with Crippen molar-refractivity contribution in [2.24, 2.45) is 0 Å². The first kappa shape index (κ1) is 20.3. The van der Waals surface area contributed by atoms with E-state index in [2.05, 4.69) is 20.3 Å². The first-order chi connectivity index (χ1) is 15.7. The zero-order chi connectivity index (χ0) is 21.9. The van der Waals surface area contributed by atoms with E-state index in [0.29, 0.717) is 11.4 Å². The zero-order valence-electron chi connectivity index (χ0n) is 17.1. The van der Waals surface area contributed by atoms with Crippen LogP contribution >= 0.6 is 11.8 Å². The monoisotopic (exact) mass is 445 g/mol. The summed E-state index contributed by atoms with van der Waals surface area (Å²) >= 11 is 1.82. The molecule has 0 radical (unpaired) electrons. The Balaban J connectivity index is 1.45. The highest BCUT2D eigenvalue weighted by Gasteiger charge is 2.23. The van der Waals surface area contributed by atoms with Gasteiger partial charge >= 0.3 is 6.03 Å². The smallest absolute Gasteiger partial charge is 0.308 e.